The first-order valence-corrected chi connectivity index (χ1v) is 16.7. The monoisotopic (exact) mass is 770 g/mol. The third kappa shape index (κ3) is 7.94. The van der Waals surface area contributed by atoms with Crippen molar-refractivity contribution in [1.29, 1.82) is 0 Å². The average molecular weight is 771 g/mol. The maximum absolute atomic E-state index is 13.5. The minimum absolute atomic E-state index is 0.0172. The first kappa shape index (κ1) is 39.4. The highest BCUT2D eigenvalue weighted by molar-refractivity contribution is 5.88. The number of methoxy groups -OCH3 is 1. The van der Waals surface area contributed by atoms with Gasteiger partial charge in [0.05, 0.1) is 19.3 Å². The molecule has 0 unspecified atom stereocenters. The molecule has 6 rings (SSSR count). The van der Waals surface area contributed by atoms with Crippen LogP contribution in [0.4, 0.5) is 0 Å². The Morgan fingerprint density at radius 2 is 1.49 bits per heavy atom. The fourth-order valence-electron chi connectivity index (χ4n) is 6.23. The van der Waals surface area contributed by atoms with Gasteiger partial charge in [-0.1, -0.05) is 6.07 Å². The molecule has 294 valence electrons. The number of aliphatic hydroxyl groups is 7. The smallest absolute Gasteiger partial charge is 0.330 e. The molecule has 10 N–H and O–H groups in total. The van der Waals surface area contributed by atoms with Crippen LogP contribution in [0.15, 0.2) is 69.9 Å². The summed E-state index contributed by atoms with van der Waals surface area (Å²) in [6, 6.07) is 12.0. The molecule has 2 fully saturated rings. The van der Waals surface area contributed by atoms with E-state index in [-0.39, 0.29) is 28.6 Å². The number of carbonyl (C=O) groups is 1. The highest BCUT2D eigenvalue weighted by Crippen LogP contribution is 2.46. The zero-order chi connectivity index (χ0) is 39.7. The van der Waals surface area contributed by atoms with E-state index in [4.69, 9.17) is 28.1 Å². The summed E-state index contributed by atoms with van der Waals surface area (Å²) in [5.74, 6) is -2.37. The molecular weight excluding hydrogens is 732 g/mol. The zero-order valence-corrected chi connectivity index (χ0v) is 28.8. The fraction of sp³-hybridized carbons (Fsp3) is 0.351. The number of phenols is 3. The third-order valence-electron chi connectivity index (χ3n) is 9.24. The van der Waals surface area contributed by atoms with Gasteiger partial charge in [0, 0.05) is 23.8 Å². The summed E-state index contributed by atoms with van der Waals surface area (Å²) in [6.45, 7) is -1.53. The minimum atomic E-state index is -2.01. The number of ether oxygens (including phenoxy) is 5. The maximum atomic E-state index is 13.5. The number of rotatable bonds is 10. The highest BCUT2D eigenvalue weighted by atomic mass is 16.7. The molecule has 0 bridgehead atoms. The summed E-state index contributed by atoms with van der Waals surface area (Å²) in [5, 5.41) is 105. The van der Waals surface area contributed by atoms with E-state index in [2.05, 4.69) is 0 Å². The van der Waals surface area contributed by atoms with Crippen LogP contribution in [0.25, 0.3) is 28.4 Å². The van der Waals surface area contributed by atoms with E-state index in [0.717, 1.165) is 18.2 Å². The van der Waals surface area contributed by atoms with Crippen LogP contribution in [0.3, 0.4) is 0 Å². The molecule has 55 heavy (non-hydrogen) atoms. The summed E-state index contributed by atoms with van der Waals surface area (Å²) < 4.78 is 33.5. The molecule has 3 aromatic carbocycles. The number of aromatic hydroxyl groups is 3. The molecule has 0 radical (unpaired) electrons. The van der Waals surface area contributed by atoms with E-state index in [9.17, 15) is 60.7 Å². The van der Waals surface area contributed by atoms with Crippen molar-refractivity contribution < 1.29 is 84.0 Å². The molecule has 10 atom stereocenters. The lowest BCUT2D eigenvalue weighted by atomic mass is 9.89. The van der Waals surface area contributed by atoms with E-state index >= 15 is 0 Å². The number of esters is 1. The lowest BCUT2D eigenvalue weighted by Crippen LogP contribution is -2.60. The summed E-state index contributed by atoms with van der Waals surface area (Å²) in [7, 11) is 1.35. The van der Waals surface area contributed by atoms with Gasteiger partial charge in [0.2, 0.25) is 6.29 Å². The number of fused-ring (bicyclic) bond motifs is 1. The summed E-state index contributed by atoms with van der Waals surface area (Å²) in [6.07, 6.45) is -15.9. The molecule has 4 aromatic rings. The Bertz CT molecular complexity index is 2090. The van der Waals surface area contributed by atoms with Gasteiger partial charge in [-0.15, -0.1) is 0 Å². The van der Waals surface area contributed by atoms with Crippen molar-refractivity contribution in [2.75, 3.05) is 20.3 Å². The Kier molecular flexibility index (Phi) is 11.6. The van der Waals surface area contributed by atoms with E-state index in [0.29, 0.717) is 11.1 Å². The van der Waals surface area contributed by atoms with Crippen LogP contribution in [0, 0.1) is 0 Å². The van der Waals surface area contributed by atoms with Gasteiger partial charge in [-0.3, -0.25) is 4.79 Å². The predicted octanol–water partition coefficient (Wildman–Crippen LogP) is -0.457. The Labute approximate surface area is 310 Å². The predicted molar refractivity (Wildman–Crippen MR) is 186 cm³/mol. The summed E-state index contributed by atoms with van der Waals surface area (Å²) >= 11 is 0. The molecule has 3 heterocycles. The molecule has 18 nitrogen and oxygen atoms in total. The normalized spacial score (nSPS) is 28.3. The summed E-state index contributed by atoms with van der Waals surface area (Å²) in [4.78, 5) is 26.0. The number of benzene rings is 3. The molecule has 0 aliphatic carbocycles. The fourth-order valence-corrected chi connectivity index (χ4v) is 6.23. The molecule has 0 saturated carbocycles. The third-order valence-corrected chi connectivity index (χ3v) is 9.24. The van der Waals surface area contributed by atoms with Crippen LogP contribution in [0.5, 0.6) is 28.7 Å². The maximum Gasteiger partial charge on any atom is 0.330 e. The highest BCUT2D eigenvalue weighted by Gasteiger charge is 2.49. The van der Waals surface area contributed by atoms with Crippen molar-refractivity contribution in [3.05, 3.63) is 82.0 Å². The van der Waals surface area contributed by atoms with Crippen LogP contribution in [-0.4, -0.2) is 132 Å². The van der Waals surface area contributed by atoms with Crippen molar-refractivity contribution in [3.8, 4) is 40.1 Å². The Morgan fingerprint density at radius 1 is 0.800 bits per heavy atom. The second kappa shape index (κ2) is 16.2. The van der Waals surface area contributed by atoms with Crippen molar-refractivity contribution in [2.45, 2.75) is 61.2 Å². The van der Waals surface area contributed by atoms with Gasteiger partial charge in [-0.25, -0.2) is 4.79 Å². The van der Waals surface area contributed by atoms with Gasteiger partial charge >= 0.3 is 5.97 Å². The van der Waals surface area contributed by atoms with Gasteiger partial charge in [0.15, 0.2) is 16.9 Å². The molecule has 2 saturated heterocycles. The van der Waals surface area contributed by atoms with E-state index in [1.165, 1.54) is 55.7 Å². The largest absolute Gasteiger partial charge is 0.508 e. The SMILES string of the molecule is COc1cc(/C=C/C(=O)OC[C@H]2O[C@@H](Oc3cc4oc(-c5ccc(O)cc5)cc(=O)c4c(O)c3[C@@H]3O[C@@H](CO)[C@@H](O)[C@H](O)[C@@H]3O)[C@H](O)[C@@H](O)[C@@H]2O)ccc1O. The molecule has 2 aliphatic rings. The second-order valence-corrected chi connectivity index (χ2v) is 12.8. The first-order valence-electron chi connectivity index (χ1n) is 16.7. The van der Waals surface area contributed by atoms with E-state index in [1.54, 1.807) is 0 Å². The van der Waals surface area contributed by atoms with Gasteiger partial charge in [0.1, 0.15) is 95.5 Å². The van der Waals surface area contributed by atoms with Gasteiger partial charge in [-0.05, 0) is 48.0 Å². The van der Waals surface area contributed by atoms with Crippen LogP contribution >= 0.6 is 0 Å². The summed E-state index contributed by atoms with van der Waals surface area (Å²) in [5.41, 5.74) is -0.829. The number of hydrogen-bond acceptors (Lipinski definition) is 18. The lowest BCUT2D eigenvalue weighted by molar-refractivity contribution is -0.279. The van der Waals surface area contributed by atoms with Crippen LogP contribution < -0.4 is 14.9 Å². The Balaban J connectivity index is 1.33. The molecule has 2 aliphatic heterocycles. The quantitative estimate of drug-likeness (QED) is 0.0721. The molecule has 0 amide bonds. The standard InChI is InChI=1S/C37H38O18/c1-50-21-10-15(2-8-18(21)40)3-9-26(42)51-14-25-30(44)33(47)35(49)37(55-25)54-23-12-22-27(19(41)11-20(52-22)16-4-6-17(39)7-5-16)31(45)28(23)36-34(48)32(46)29(43)24(13-38)53-36/h2-12,24-25,29-30,32-40,43-49H,13-14H2,1H3/b9-3+/t24-,25+,29+,30+,32-,33-,34-,35+,36-,37+/m0/s1. The van der Waals surface area contributed by atoms with E-state index < -0.39 is 108 Å². The Morgan fingerprint density at radius 3 is 2.18 bits per heavy atom. The topological polar surface area (TPSA) is 296 Å². The van der Waals surface area contributed by atoms with Crippen molar-refractivity contribution in [1.82, 2.24) is 0 Å². The van der Waals surface area contributed by atoms with Crippen LogP contribution in [0.1, 0.15) is 17.2 Å². The second-order valence-electron chi connectivity index (χ2n) is 12.8. The van der Waals surface area contributed by atoms with Gasteiger partial charge in [0.25, 0.3) is 0 Å². The molecule has 1 aromatic heterocycles. The zero-order valence-electron chi connectivity index (χ0n) is 28.8. The van der Waals surface area contributed by atoms with Crippen molar-refractivity contribution in [2.24, 2.45) is 0 Å². The number of phenolic OH excluding ortho intramolecular Hbond substituents is 3. The van der Waals surface area contributed by atoms with Crippen LogP contribution in [0.2, 0.25) is 0 Å². The number of aliphatic hydroxyl groups excluding tert-OH is 7. The Hall–Kier alpha value is -5.28. The minimum Gasteiger partial charge on any atom is -0.508 e. The van der Waals surface area contributed by atoms with E-state index in [1.807, 2.05) is 0 Å². The molecular formula is C37H38O18. The average Bonchev–Trinajstić information content (AvgIpc) is 3.17. The molecule has 18 heteroatoms. The first-order chi connectivity index (χ1) is 26.2. The van der Waals surface area contributed by atoms with Crippen molar-refractivity contribution in [3.63, 3.8) is 0 Å². The van der Waals surface area contributed by atoms with Crippen molar-refractivity contribution >= 4 is 23.0 Å². The lowest BCUT2D eigenvalue weighted by Gasteiger charge is -2.42. The van der Waals surface area contributed by atoms with Gasteiger partial charge < -0.3 is 79.2 Å². The number of hydrogen-bond donors (Lipinski definition) is 10. The molecule has 0 spiro atoms. The van der Waals surface area contributed by atoms with Crippen LogP contribution in [-0.2, 0) is 19.0 Å². The van der Waals surface area contributed by atoms with Gasteiger partial charge in [-0.2, -0.15) is 0 Å². The number of carbonyl (C=O) groups excluding carboxylic acids is 1.